The molecule has 1 N–H and O–H groups in total. The van der Waals surface area contributed by atoms with Gasteiger partial charge in [-0.2, -0.15) is 0 Å². The first kappa shape index (κ1) is 13.6. The number of halogens is 2. The fraction of sp³-hybridized carbons (Fsp3) is 0.500. The molecule has 0 amide bonds. The maximum absolute atomic E-state index is 5.95. The first-order chi connectivity index (χ1) is 7.74. The Morgan fingerprint density at radius 3 is 2.81 bits per heavy atom. The summed E-state index contributed by atoms with van der Waals surface area (Å²) in [6.07, 6.45) is 2.39. The fourth-order valence-corrected chi connectivity index (χ4v) is 1.58. The van der Waals surface area contributed by atoms with Crippen LogP contribution in [0, 0.1) is 0 Å². The molecule has 1 rings (SSSR count). The summed E-state index contributed by atoms with van der Waals surface area (Å²) in [4.78, 5) is 0. The van der Waals surface area contributed by atoms with Crippen molar-refractivity contribution in [1.82, 2.24) is 5.32 Å². The summed E-state index contributed by atoms with van der Waals surface area (Å²) in [7, 11) is 0. The molecule has 0 aliphatic carbocycles. The zero-order chi connectivity index (χ0) is 11.8. The highest BCUT2D eigenvalue weighted by Gasteiger charge is 2.01. The second-order valence-electron chi connectivity index (χ2n) is 3.53. The molecule has 0 heterocycles. The van der Waals surface area contributed by atoms with E-state index in [-0.39, 0.29) is 0 Å². The minimum atomic E-state index is 0.595. The van der Waals surface area contributed by atoms with Gasteiger partial charge >= 0.3 is 0 Å². The van der Waals surface area contributed by atoms with Crippen molar-refractivity contribution < 1.29 is 4.74 Å². The Balaban J connectivity index is 2.23. The average Bonchev–Trinajstić information content (AvgIpc) is 2.28. The first-order valence-corrected chi connectivity index (χ1v) is 6.28. The predicted octanol–water partition coefficient (Wildman–Crippen LogP) is 3.76. The summed E-state index contributed by atoms with van der Waals surface area (Å²) in [5, 5.41) is 4.52. The van der Waals surface area contributed by atoms with Crippen molar-refractivity contribution in [1.29, 1.82) is 0 Å². The molecule has 0 aliphatic heterocycles. The Bertz CT molecular complexity index is 318. The molecule has 90 valence electrons. The predicted molar refractivity (Wildman–Crippen MR) is 69.7 cm³/mol. The van der Waals surface area contributed by atoms with Crippen molar-refractivity contribution in [2.75, 3.05) is 19.7 Å². The van der Waals surface area contributed by atoms with Crippen LogP contribution in [0.15, 0.2) is 18.2 Å². The van der Waals surface area contributed by atoms with Crippen molar-refractivity contribution in [2.45, 2.75) is 19.8 Å². The highest BCUT2D eigenvalue weighted by molar-refractivity contribution is 6.34. The molecule has 0 unspecified atom stereocenters. The van der Waals surface area contributed by atoms with Crippen molar-refractivity contribution >= 4 is 23.2 Å². The van der Waals surface area contributed by atoms with E-state index in [1.807, 2.05) is 0 Å². The van der Waals surface area contributed by atoms with Gasteiger partial charge in [0.1, 0.15) is 12.4 Å². The normalized spacial score (nSPS) is 10.4. The van der Waals surface area contributed by atoms with E-state index in [1.165, 1.54) is 12.8 Å². The molecule has 0 aliphatic rings. The molecular weight excluding hydrogens is 245 g/mol. The minimum absolute atomic E-state index is 0.595. The van der Waals surface area contributed by atoms with Gasteiger partial charge in [-0.15, -0.1) is 0 Å². The van der Waals surface area contributed by atoms with Crippen LogP contribution in [0.2, 0.25) is 10.0 Å². The van der Waals surface area contributed by atoms with E-state index < -0.39 is 0 Å². The molecule has 0 saturated carbocycles. The Morgan fingerprint density at radius 2 is 2.06 bits per heavy atom. The number of hydrogen-bond donors (Lipinski definition) is 1. The van der Waals surface area contributed by atoms with Gasteiger partial charge in [0.25, 0.3) is 0 Å². The van der Waals surface area contributed by atoms with Gasteiger partial charge in [-0.1, -0.05) is 36.5 Å². The topological polar surface area (TPSA) is 21.3 Å². The van der Waals surface area contributed by atoms with Gasteiger partial charge in [0.15, 0.2) is 0 Å². The van der Waals surface area contributed by atoms with E-state index >= 15 is 0 Å². The zero-order valence-corrected chi connectivity index (χ0v) is 10.9. The molecule has 0 fully saturated rings. The van der Waals surface area contributed by atoms with E-state index in [0.717, 1.165) is 13.1 Å². The molecule has 2 nitrogen and oxygen atoms in total. The summed E-state index contributed by atoms with van der Waals surface area (Å²) < 4.78 is 5.52. The van der Waals surface area contributed by atoms with Crippen LogP contribution in [0.5, 0.6) is 5.75 Å². The lowest BCUT2D eigenvalue weighted by molar-refractivity contribution is 0.314. The maximum Gasteiger partial charge on any atom is 0.139 e. The molecule has 0 spiro atoms. The summed E-state index contributed by atoms with van der Waals surface area (Å²) in [6.45, 7) is 4.62. The molecule has 1 aromatic carbocycles. The molecule has 1 aromatic rings. The minimum Gasteiger partial charge on any atom is -0.491 e. The molecule has 16 heavy (non-hydrogen) atoms. The van der Waals surface area contributed by atoms with Crippen LogP contribution in [0.3, 0.4) is 0 Å². The molecule has 0 atom stereocenters. The quantitative estimate of drug-likeness (QED) is 0.755. The van der Waals surface area contributed by atoms with E-state index in [1.54, 1.807) is 18.2 Å². The van der Waals surface area contributed by atoms with Gasteiger partial charge in [-0.25, -0.2) is 0 Å². The van der Waals surface area contributed by atoms with Crippen molar-refractivity contribution in [3.05, 3.63) is 28.2 Å². The van der Waals surface area contributed by atoms with E-state index in [0.29, 0.717) is 22.4 Å². The molecule has 0 saturated heterocycles. The Kier molecular flexibility index (Phi) is 6.62. The lowest BCUT2D eigenvalue weighted by Gasteiger charge is -2.09. The van der Waals surface area contributed by atoms with Gasteiger partial charge in [-0.3, -0.25) is 0 Å². The molecule has 0 aromatic heterocycles. The number of ether oxygens (including phenoxy) is 1. The third kappa shape index (κ3) is 5.06. The number of unbranched alkanes of at least 4 members (excludes halogenated alkanes) is 1. The number of benzene rings is 1. The molecule has 4 heteroatoms. The SMILES string of the molecule is CCCCNCCOc1cc(Cl)ccc1Cl. The van der Waals surface area contributed by atoms with Crippen LogP contribution in [-0.4, -0.2) is 19.7 Å². The van der Waals surface area contributed by atoms with Crippen LogP contribution in [0.1, 0.15) is 19.8 Å². The highest BCUT2D eigenvalue weighted by atomic mass is 35.5. The van der Waals surface area contributed by atoms with Gasteiger partial charge in [0.05, 0.1) is 5.02 Å². The summed E-state index contributed by atoms with van der Waals surface area (Å²) in [5.74, 6) is 0.645. The summed E-state index contributed by atoms with van der Waals surface area (Å²) >= 11 is 11.8. The standard InChI is InChI=1S/C12H17Cl2NO/c1-2-3-6-15-7-8-16-12-9-10(13)4-5-11(12)14/h4-5,9,15H,2-3,6-8H2,1H3. The summed E-state index contributed by atoms with van der Waals surface area (Å²) in [6, 6.07) is 5.22. The van der Waals surface area contributed by atoms with Crippen molar-refractivity contribution in [3.8, 4) is 5.75 Å². The van der Waals surface area contributed by atoms with E-state index in [9.17, 15) is 0 Å². The summed E-state index contributed by atoms with van der Waals surface area (Å²) in [5.41, 5.74) is 0. The van der Waals surface area contributed by atoms with Gasteiger partial charge in [-0.05, 0) is 25.1 Å². The molecule has 0 bridgehead atoms. The number of hydrogen-bond acceptors (Lipinski definition) is 2. The average molecular weight is 262 g/mol. The Hall–Kier alpha value is -0.440. The molecular formula is C12H17Cl2NO. The van der Waals surface area contributed by atoms with Gasteiger partial charge in [0.2, 0.25) is 0 Å². The first-order valence-electron chi connectivity index (χ1n) is 5.52. The van der Waals surface area contributed by atoms with Crippen LogP contribution in [0.25, 0.3) is 0 Å². The number of nitrogens with one attached hydrogen (secondary N) is 1. The van der Waals surface area contributed by atoms with Crippen LogP contribution in [0.4, 0.5) is 0 Å². The third-order valence-corrected chi connectivity index (χ3v) is 2.68. The Labute approximate surface area is 107 Å². The third-order valence-electron chi connectivity index (χ3n) is 2.14. The Morgan fingerprint density at radius 1 is 1.25 bits per heavy atom. The van der Waals surface area contributed by atoms with Crippen LogP contribution < -0.4 is 10.1 Å². The smallest absolute Gasteiger partial charge is 0.139 e. The van der Waals surface area contributed by atoms with Crippen LogP contribution >= 0.6 is 23.2 Å². The largest absolute Gasteiger partial charge is 0.491 e. The van der Waals surface area contributed by atoms with Gasteiger partial charge < -0.3 is 10.1 Å². The van der Waals surface area contributed by atoms with Crippen molar-refractivity contribution in [2.24, 2.45) is 0 Å². The monoisotopic (exact) mass is 261 g/mol. The maximum atomic E-state index is 5.95. The number of rotatable bonds is 7. The second-order valence-corrected chi connectivity index (χ2v) is 4.37. The zero-order valence-electron chi connectivity index (χ0n) is 9.43. The fourth-order valence-electron chi connectivity index (χ4n) is 1.25. The molecule has 0 radical (unpaired) electrons. The van der Waals surface area contributed by atoms with Gasteiger partial charge in [0, 0.05) is 17.6 Å². The highest BCUT2D eigenvalue weighted by Crippen LogP contribution is 2.27. The second kappa shape index (κ2) is 7.77. The van der Waals surface area contributed by atoms with E-state index in [4.69, 9.17) is 27.9 Å². The lowest BCUT2D eigenvalue weighted by atomic mass is 10.3. The lowest BCUT2D eigenvalue weighted by Crippen LogP contribution is -2.22. The van der Waals surface area contributed by atoms with Crippen LogP contribution in [-0.2, 0) is 0 Å². The van der Waals surface area contributed by atoms with E-state index in [2.05, 4.69) is 12.2 Å². The van der Waals surface area contributed by atoms with Crippen molar-refractivity contribution in [3.63, 3.8) is 0 Å².